The van der Waals surface area contributed by atoms with Gasteiger partial charge in [-0.15, -0.1) is 11.6 Å². The van der Waals surface area contributed by atoms with Crippen molar-refractivity contribution in [1.29, 1.82) is 0 Å². The third-order valence-electron chi connectivity index (χ3n) is 0.548. The van der Waals surface area contributed by atoms with Crippen LogP contribution < -0.4 is 0 Å². The van der Waals surface area contributed by atoms with Gasteiger partial charge in [-0.1, -0.05) is 0 Å². The first kappa shape index (κ1) is 7.96. The Morgan fingerprint density at radius 2 is 2.00 bits per heavy atom. The second-order valence-corrected chi connectivity index (χ2v) is 2.95. The molecule has 0 saturated heterocycles. The molecule has 0 aromatic heterocycles. The van der Waals surface area contributed by atoms with E-state index in [9.17, 15) is 0 Å². The molecule has 0 bridgehead atoms. The summed E-state index contributed by atoms with van der Waals surface area (Å²) in [6.45, 7) is 6.11. The number of halogens is 1. The maximum Gasteiger partial charge on any atom is 0.0573 e. The van der Waals surface area contributed by atoms with E-state index in [1.54, 1.807) is 6.21 Å². The summed E-state index contributed by atoms with van der Waals surface area (Å²) in [5, 5.41) is 0. The van der Waals surface area contributed by atoms with E-state index in [0.717, 1.165) is 0 Å². The van der Waals surface area contributed by atoms with Crippen LogP contribution in [0.1, 0.15) is 20.8 Å². The van der Waals surface area contributed by atoms with Crippen molar-refractivity contribution in [2.75, 3.05) is 5.88 Å². The third kappa shape index (κ3) is 5.96. The smallest absolute Gasteiger partial charge is 0.0573 e. The molecule has 0 aromatic rings. The Balaban J connectivity index is 3.52. The summed E-state index contributed by atoms with van der Waals surface area (Å²) in [4.78, 5) is 4.12. The van der Waals surface area contributed by atoms with Gasteiger partial charge in [0.1, 0.15) is 0 Å². The van der Waals surface area contributed by atoms with Crippen molar-refractivity contribution in [3.63, 3.8) is 0 Å². The molecule has 0 rings (SSSR count). The zero-order valence-corrected chi connectivity index (χ0v) is 6.37. The third-order valence-corrected chi connectivity index (χ3v) is 0.686. The molecule has 0 amide bonds. The standard InChI is InChI=1S/C6H12ClN/c1-6(2,3)8-5-4-7/h5H,4H2,1-3H3. The van der Waals surface area contributed by atoms with E-state index in [4.69, 9.17) is 11.6 Å². The molecule has 0 radical (unpaired) electrons. The van der Waals surface area contributed by atoms with Crippen LogP contribution in [-0.2, 0) is 0 Å². The van der Waals surface area contributed by atoms with Gasteiger partial charge in [-0.3, -0.25) is 4.99 Å². The zero-order valence-electron chi connectivity index (χ0n) is 5.61. The van der Waals surface area contributed by atoms with Crippen molar-refractivity contribution in [2.45, 2.75) is 26.3 Å². The minimum atomic E-state index is 0.0366. The summed E-state index contributed by atoms with van der Waals surface area (Å²) in [5.41, 5.74) is 0.0366. The van der Waals surface area contributed by atoms with Gasteiger partial charge in [-0.05, 0) is 20.8 Å². The lowest BCUT2D eigenvalue weighted by atomic mass is 10.1. The number of aliphatic imine (C=N–C) groups is 1. The SMILES string of the molecule is CC(C)(C)N=CCCl. The van der Waals surface area contributed by atoms with Crippen LogP contribution in [0.25, 0.3) is 0 Å². The fourth-order valence-electron chi connectivity index (χ4n) is 0.308. The minimum absolute atomic E-state index is 0.0366. The normalized spacial score (nSPS) is 13.0. The molecule has 0 aromatic carbocycles. The average molecular weight is 134 g/mol. The van der Waals surface area contributed by atoms with Gasteiger partial charge in [0, 0.05) is 6.21 Å². The summed E-state index contributed by atoms with van der Waals surface area (Å²) in [6, 6.07) is 0. The lowest BCUT2D eigenvalue weighted by Crippen LogP contribution is -2.09. The van der Waals surface area contributed by atoms with Crippen LogP contribution in [0.3, 0.4) is 0 Å². The van der Waals surface area contributed by atoms with Crippen molar-refractivity contribution < 1.29 is 0 Å². The molecule has 0 aliphatic carbocycles. The van der Waals surface area contributed by atoms with Crippen LogP contribution in [-0.4, -0.2) is 17.6 Å². The second kappa shape index (κ2) is 3.08. The molecule has 2 heteroatoms. The average Bonchev–Trinajstić information content (AvgIpc) is 1.59. The summed E-state index contributed by atoms with van der Waals surface area (Å²) in [7, 11) is 0. The van der Waals surface area contributed by atoms with E-state index < -0.39 is 0 Å². The Bertz CT molecular complexity index is 81.0. The molecule has 1 nitrogen and oxygen atoms in total. The fourth-order valence-corrected chi connectivity index (χ4v) is 0.377. The summed E-state index contributed by atoms with van der Waals surface area (Å²) < 4.78 is 0. The van der Waals surface area contributed by atoms with Crippen molar-refractivity contribution in [3.8, 4) is 0 Å². The highest BCUT2D eigenvalue weighted by molar-refractivity contribution is 6.24. The highest BCUT2D eigenvalue weighted by Crippen LogP contribution is 2.04. The van der Waals surface area contributed by atoms with Crippen LogP contribution in [0, 0.1) is 0 Å². The molecule has 0 atom stereocenters. The van der Waals surface area contributed by atoms with Gasteiger partial charge in [0.15, 0.2) is 0 Å². The first-order valence-corrected chi connectivity index (χ1v) is 3.19. The molecule has 0 aliphatic heterocycles. The van der Waals surface area contributed by atoms with Crippen molar-refractivity contribution >= 4 is 17.8 Å². The fraction of sp³-hybridized carbons (Fsp3) is 0.833. The van der Waals surface area contributed by atoms with E-state index in [0.29, 0.717) is 5.88 Å². The van der Waals surface area contributed by atoms with Gasteiger partial charge < -0.3 is 0 Å². The molecule has 0 aliphatic rings. The summed E-state index contributed by atoms with van der Waals surface area (Å²) in [6.07, 6.45) is 1.72. The Morgan fingerprint density at radius 1 is 1.50 bits per heavy atom. The van der Waals surface area contributed by atoms with Gasteiger partial charge in [-0.25, -0.2) is 0 Å². The van der Waals surface area contributed by atoms with Crippen LogP contribution >= 0.6 is 11.6 Å². The molecule has 0 spiro atoms. The monoisotopic (exact) mass is 133 g/mol. The Labute approximate surface area is 55.8 Å². The number of rotatable bonds is 1. The topological polar surface area (TPSA) is 12.4 Å². The predicted octanol–water partition coefficient (Wildman–Crippen LogP) is 2.09. The first-order valence-electron chi connectivity index (χ1n) is 2.66. The summed E-state index contributed by atoms with van der Waals surface area (Å²) in [5.74, 6) is 0.511. The first-order chi connectivity index (χ1) is 3.56. The van der Waals surface area contributed by atoms with E-state index in [2.05, 4.69) is 4.99 Å². The number of hydrogen-bond donors (Lipinski definition) is 0. The van der Waals surface area contributed by atoms with E-state index >= 15 is 0 Å². The van der Waals surface area contributed by atoms with Gasteiger partial charge in [0.25, 0.3) is 0 Å². The Kier molecular flexibility index (Phi) is 3.06. The molecule has 48 valence electrons. The molecule has 0 heterocycles. The minimum Gasteiger partial charge on any atom is -0.291 e. The van der Waals surface area contributed by atoms with Gasteiger partial charge in [0.2, 0.25) is 0 Å². The lowest BCUT2D eigenvalue weighted by Gasteiger charge is -2.09. The predicted molar refractivity (Wildman–Crippen MR) is 39.0 cm³/mol. The summed E-state index contributed by atoms with van der Waals surface area (Å²) >= 11 is 5.36. The molecular weight excluding hydrogens is 122 g/mol. The Hall–Kier alpha value is -0.0400. The van der Waals surface area contributed by atoms with Gasteiger partial charge in [-0.2, -0.15) is 0 Å². The second-order valence-electron chi connectivity index (χ2n) is 2.64. The molecule has 0 saturated carbocycles. The van der Waals surface area contributed by atoms with Crippen LogP contribution in [0.2, 0.25) is 0 Å². The van der Waals surface area contributed by atoms with Crippen LogP contribution in [0.15, 0.2) is 4.99 Å². The molecule has 8 heavy (non-hydrogen) atoms. The molecule has 0 N–H and O–H groups in total. The van der Waals surface area contributed by atoms with Crippen molar-refractivity contribution in [2.24, 2.45) is 4.99 Å². The molecule has 0 unspecified atom stereocenters. The zero-order chi connectivity index (χ0) is 6.62. The lowest BCUT2D eigenvalue weighted by molar-refractivity contribution is 0.586. The molecular formula is C6H12ClN. The highest BCUT2D eigenvalue weighted by atomic mass is 35.5. The number of alkyl halides is 1. The van der Waals surface area contributed by atoms with E-state index in [1.807, 2.05) is 20.8 Å². The van der Waals surface area contributed by atoms with E-state index in [-0.39, 0.29) is 5.54 Å². The van der Waals surface area contributed by atoms with Crippen LogP contribution in [0.4, 0.5) is 0 Å². The highest BCUT2D eigenvalue weighted by Gasteiger charge is 2.02. The van der Waals surface area contributed by atoms with Crippen molar-refractivity contribution in [1.82, 2.24) is 0 Å². The molecule has 0 fully saturated rings. The number of hydrogen-bond acceptors (Lipinski definition) is 1. The largest absolute Gasteiger partial charge is 0.291 e. The Morgan fingerprint density at radius 3 is 2.12 bits per heavy atom. The van der Waals surface area contributed by atoms with Gasteiger partial charge >= 0.3 is 0 Å². The van der Waals surface area contributed by atoms with E-state index in [1.165, 1.54) is 0 Å². The maximum atomic E-state index is 5.36. The number of nitrogens with zero attached hydrogens (tertiary/aromatic N) is 1. The van der Waals surface area contributed by atoms with Gasteiger partial charge in [0.05, 0.1) is 11.4 Å². The van der Waals surface area contributed by atoms with Crippen molar-refractivity contribution in [3.05, 3.63) is 0 Å². The maximum absolute atomic E-state index is 5.36. The quantitative estimate of drug-likeness (QED) is 0.384. The van der Waals surface area contributed by atoms with Crippen LogP contribution in [0.5, 0.6) is 0 Å².